The summed E-state index contributed by atoms with van der Waals surface area (Å²) in [6, 6.07) is 13.3. The van der Waals surface area contributed by atoms with Gasteiger partial charge in [0.2, 0.25) is 5.91 Å². The number of pyridine rings is 1. The van der Waals surface area contributed by atoms with Crippen molar-refractivity contribution in [1.29, 1.82) is 0 Å². The maximum absolute atomic E-state index is 11.8. The number of aromatic nitrogens is 1. The quantitative estimate of drug-likeness (QED) is 0.632. The molecule has 1 heterocycles. The summed E-state index contributed by atoms with van der Waals surface area (Å²) >= 11 is 6.09. The topological polar surface area (TPSA) is 33.2 Å². The zero-order valence-electron chi connectivity index (χ0n) is 11.2. The first-order valence-corrected chi connectivity index (χ1v) is 6.68. The number of carbonyl (C=O) groups is 1. The van der Waals surface area contributed by atoms with Gasteiger partial charge < -0.3 is 4.90 Å². The van der Waals surface area contributed by atoms with E-state index in [9.17, 15) is 4.79 Å². The van der Waals surface area contributed by atoms with Crippen LogP contribution in [0.5, 0.6) is 0 Å². The standard InChI is InChI=1S/C16H13ClN2O/c1-10(20)19(2)16-12-5-3-4-6-14(12)18-15-8-7-11(17)9-13(15)16/h3-9H,1-2H3. The van der Waals surface area contributed by atoms with Crippen LogP contribution in [0.1, 0.15) is 6.92 Å². The zero-order valence-corrected chi connectivity index (χ0v) is 12.0. The molecule has 20 heavy (non-hydrogen) atoms. The van der Waals surface area contributed by atoms with Crippen molar-refractivity contribution in [2.45, 2.75) is 6.92 Å². The summed E-state index contributed by atoms with van der Waals surface area (Å²) in [6.45, 7) is 1.55. The summed E-state index contributed by atoms with van der Waals surface area (Å²) in [7, 11) is 1.77. The monoisotopic (exact) mass is 284 g/mol. The van der Waals surface area contributed by atoms with E-state index >= 15 is 0 Å². The van der Waals surface area contributed by atoms with Gasteiger partial charge in [0.1, 0.15) is 0 Å². The van der Waals surface area contributed by atoms with Gasteiger partial charge in [-0.15, -0.1) is 0 Å². The van der Waals surface area contributed by atoms with Crippen molar-refractivity contribution in [1.82, 2.24) is 4.98 Å². The highest BCUT2D eigenvalue weighted by Crippen LogP contribution is 2.34. The molecule has 0 fully saturated rings. The van der Waals surface area contributed by atoms with Gasteiger partial charge in [0, 0.05) is 29.8 Å². The van der Waals surface area contributed by atoms with Crippen LogP contribution in [-0.4, -0.2) is 17.9 Å². The van der Waals surface area contributed by atoms with Crippen LogP contribution in [0, 0.1) is 0 Å². The summed E-state index contributed by atoms with van der Waals surface area (Å²) < 4.78 is 0. The average Bonchev–Trinajstić information content (AvgIpc) is 2.44. The number of carbonyl (C=O) groups excluding carboxylic acids is 1. The van der Waals surface area contributed by atoms with Crippen molar-refractivity contribution < 1.29 is 4.79 Å². The molecule has 0 saturated carbocycles. The van der Waals surface area contributed by atoms with Crippen molar-refractivity contribution in [2.75, 3.05) is 11.9 Å². The molecule has 100 valence electrons. The molecular weight excluding hydrogens is 272 g/mol. The molecule has 1 amide bonds. The van der Waals surface area contributed by atoms with Gasteiger partial charge in [-0.3, -0.25) is 4.79 Å². The number of hydrogen-bond donors (Lipinski definition) is 0. The summed E-state index contributed by atoms with van der Waals surface area (Å²) in [4.78, 5) is 18.1. The first-order valence-electron chi connectivity index (χ1n) is 6.30. The van der Waals surface area contributed by atoms with Crippen molar-refractivity contribution in [3.8, 4) is 0 Å². The lowest BCUT2D eigenvalue weighted by molar-refractivity contribution is -0.116. The molecule has 3 nitrogen and oxygen atoms in total. The number of nitrogens with zero attached hydrogens (tertiary/aromatic N) is 2. The van der Waals surface area contributed by atoms with E-state index in [2.05, 4.69) is 4.98 Å². The number of rotatable bonds is 1. The average molecular weight is 285 g/mol. The Morgan fingerprint density at radius 3 is 2.55 bits per heavy atom. The number of benzene rings is 2. The van der Waals surface area contributed by atoms with Crippen LogP contribution in [0.25, 0.3) is 21.8 Å². The second-order valence-electron chi connectivity index (χ2n) is 4.72. The predicted molar refractivity (Wildman–Crippen MR) is 83.3 cm³/mol. The Hall–Kier alpha value is -2.13. The number of halogens is 1. The first-order chi connectivity index (χ1) is 9.58. The number of fused-ring (bicyclic) bond motifs is 2. The van der Waals surface area contributed by atoms with E-state index in [4.69, 9.17) is 11.6 Å². The van der Waals surface area contributed by atoms with E-state index in [1.54, 1.807) is 18.9 Å². The van der Waals surface area contributed by atoms with Gasteiger partial charge in [-0.2, -0.15) is 0 Å². The van der Waals surface area contributed by atoms with Crippen LogP contribution < -0.4 is 4.90 Å². The smallest absolute Gasteiger partial charge is 0.223 e. The molecule has 0 saturated heterocycles. The second kappa shape index (κ2) is 4.76. The van der Waals surface area contributed by atoms with Gasteiger partial charge in [0.25, 0.3) is 0 Å². The predicted octanol–water partition coefficient (Wildman–Crippen LogP) is 4.02. The molecule has 2 aromatic carbocycles. The molecular formula is C16H13ClN2O. The highest BCUT2D eigenvalue weighted by molar-refractivity contribution is 6.31. The van der Waals surface area contributed by atoms with Crippen LogP contribution in [0.15, 0.2) is 42.5 Å². The molecule has 1 aromatic heterocycles. The Kier molecular flexibility index (Phi) is 3.07. The third-order valence-electron chi connectivity index (χ3n) is 3.42. The number of hydrogen-bond acceptors (Lipinski definition) is 2. The fourth-order valence-corrected chi connectivity index (χ4v) is 2.53. The van der Waals surface area contributed by atoms with Crippen LogP contribution in [0.2, 0.25) is 5.02 Å². The molecule has 0 aliphatic heterocycles. The minimum absolute atomic E-state index is 0.0253. The lowest BCUT2D eigenvalue weighted by Gasteiger charge is -2.20. The third-order valence-corrected chi connectivity index (χ3v) is 3.66. The maximum atomic E-state index is 11.8. The Morgan fingerprint density at radius 2 is 1.80 bits per heavy atom. The number of amides is 1. The second-order valence-corrected chi connectivity index (χ2v) is 5.15. The van der Waals surface area contributed by atoms with Crippen molar-refractivity contribution in [3.63, 3.8) is 0 Å². The molecule has 3 rings (SSSR count). The van der Waals surface area contributed by atoms with E-state index in [1.807, 2.05) is 42.5 Å². The Morgan fingerprint density at radius 1 is 1.10 bits per heavy atom. The lowest BCUT2D eigenvalue weighted by atomic mass is 10.1. The van der Waals surface area contributed by atoms with E-state index in [-0.39, 0.29) is 5.91 Å². The highest BCUT2D eigenvalue weighted by Gasteiger charge is 2.15. The first kappa shape index (κ1) is 12.9. The Labute approximate surface area is 121 Å². The molecule has 0 bridgehead atoms. The fraction of sp³-hybridized carbons (Fsp3) is 0.125. The molecule has 0 aliphatic carbocycles. The van der Waals surface area contributed by atoms with Crippen molar-refractivity contribution >= 4 is 45.0 Å². The molecule has 0 N–H and O–H groups in total. The normalized spacial score (nSPS) is 10.9. The summed E-state index contributed by atoms with van der Waals surface area (Å²) in [5.74, 6) is -0.0253. The lowest BCUT2D eigenvalue weighted by Crippen LogP contribution is -2.23. The highest BCUT2D eigenvalue weighted by atomic mass is 35.5. The van der Waals surface area contributed by atoms with E-state index in [0.29, 0.717) is 5.02 Å². The van der Waals surface area contributed by atoms with Gasteiger partial charge in [-0.05, 0) is 24.3 Å². The Bertz CT molecular complexity index is 829. The minimum Gasteiger partial charge on any atom is -0.314 e. The van der Waals surface area contributed by atoms with Crippen LogP contribution >= 0.6 is 11.6 Å². The van der Waals surface area contributed by atoms with Crippen LogP contribution in [0.4, 0.5) is 5.69 Å². The summed E-state index contributed by atoms with van der Waals surface area (Å²) in [5.41, 5.74) is 2.54. The molecule has 0 unspecified atom stereocenters. The molecule has 3 aromatic rings. The number of para-hydroxylation sites is 1. The fourth-order valence-electron chi connectivity index (χ4n) is 2.36. The zero-order chi connectivity index (χ0) is 14.3. The molecule has 0 atom stereocenters. The minimum atomic E-state index is -0.0253. The van der Waals surface area contributed by atoms with E-state index in [1.165, 1.54) is 0 Å². The van der Waals surface area contributed by atoms with Crippen molar-refractivity contribution in [3.05, 3.63) is 47.5 Å². The van der Waals surface area contributed by atoms with Crippen LogP contribution in [-0.2, 0) is 4.79 Å². The van der Waals surface area contributed by atoms with Gasteiger partial charge >= 0.3 is 0 Å². The molecule has 4 heteroatoms. The third kappa shape index (κ3) is 2.00. The van der Waals surface area contributed by atoms with Gasteiger partial charge in [-0.25, -0.2) is 4.98 Å². The maximum Gasteiger partial charge on any atom is 0.223 e. The van der Waals surface area contributed by atoms with Gasteiger partial charge in [0.15, 0.2) is 0 Å². The van der Waals surface area contributed by atoms with E-state index < -0.39 is 0 Å². The summed E-state index contributed by atoms with van der Waals surface area (Å²) in [6.07, 6.45) is 0. The molecule has 0 radical (unpaired) electrons. The summed E-state index contributed by atoms with van der Waals surface area (Å²) in [5, 5.41) is 2.46. The Balaban J connectivity index is 2.50. The largest absolute Gasteiger partial charge is 0.314 e. The van der Waals surface area contributed by atoms with Gasteiger partial charge in [0.05, 0.1) is 16.7 Å². The SMILES string of the molecule is CC(=O)N(C)c1c2ccccc2nc2ccc(Cl)cc12. The van der Waals surface area contributed by atoms with Crippen molar-refractivity contribution in [2.24, 2.45) is 0 Å². The van der Waals surface area contributed by atoms with E-state index in [0.717, 1.165) is 27.5 Å². The number of anilines is 1. The molecule has 0 spiro atoms. The van der Waals surface area contributed by atoms with Gasteiger partial charge in [-0.1, -0.05) is 29.8 Å². The molecule has 0 aliphatic rings. The van der Waals surface area contributed by atoms with Crippen LogP contribution in [0.3, 0.4) is 0 Å².